The number of halogens is 3. The van der Waals surface area contributed by atoms with E-state index in [0.29, 0.717) is 11.4 Å². The lowest BCUT2D eigenvalue weighted by atomic mass is 9.98. The minimum Gasteiger partial charge on any atom is -0.370 e. The van der Waals surface area contributed by atoms with Crippen molar-refractivity contribution in [2.45, 2.75) is 44.2 Å². The number of hydrogen-bond acceptors (Lipinski definition) is 4. The predicted molar refractivity (Wildman–Crippen MR) is 138 cm³/mol. The number of nitrogens with zero attached hydrogens (tertiary/aromatic N) is 2. The molecule has 2 atom stereocenters. The van der Waals surface area contributed by atoms with Gasteiger partial charge in [-0.2, -0.15) is 0 Å². The summed E-state index contributed by atoms with van der Waals surface area (Å²) in [6.45, 7) is -0.734. The van der Waals surface area contributed by atoms with Crippen molar-refractivity contribution in [2.24, 2.45) is 5.73 Å². The van der Waals surface area contributed by atoms with E-state index in [9.17, 15) is 28.0 Å². The van der Waals surface area contributed by atoms with E-state index in [4.69, 9.17) is 17.3 Å². The number of piperazine rings is 1. The van der Waals surface area contributed by atoms with Crippen LogP contribution in [-0.2, 0) is 32.0 Å². The van der Waals surface area contributed by atoms with Crippen LogP contribution in [0.2, 0.25) is 5.02 Å². The van der Waals surface area contributed by atoms with Gasteiger partial charge in [-0.15, -0.1) is 0 Å². The third kappa shape index (κ3) is 7.98. The minimum absolute atomic E-state index is 0.00667. The molecule has 8 nitrogen and oxygen atoms in total. The van der Waals surface area contributed by atoms with Crippen molar-refractivity contribution >= 4 is 35.2 Å². The standard InChI is InChI=1S/C27H31ClF2N4O4/c28-20-6-1-19(2-7-20)17-23(26(37)32-14-13-29)34-16-15-33(22(27(34)38)10-11-24(31)35)25(36)12-5-18-3-8-21(30)9-4-18/h1-4,6-9,22-23H,5,10-17H2,(H2,31,35)(H,32,37). The van der Waals surface area contributed by atoms with Gasteiger partial charge in [-0.3, -0.25) is 19.2 Å². The summed E-state index contributed by atoms with van der Waals surface area (Å²) >= 11 is 5.97. The fourth-order valence-electron chi connectivity index (χ4n) is 4.49. The molecule has 4 amide bonds. The van der Waals surface area contributed by atoms with Crippen LogP contribution in [0.3, 0.4) is 0 Å². The largest absolute Gasteiger partial charge is 0.370 e. The fraction of sp³-hybridized carbons (Fsp3) is 0.407. The number of amides is 4. The number of rotatable bonds is 12. The first-order chi connectivity index (χ1) is 18.2. The van der Waals surface area contributed by atoms with Gasteiger partial charge in [-0.25, -0.2) is 8.78 Å². The molecule has 1 aliphatic heterocycles. The molecular weight excluding hydrogens is 518 g/mol. The van der Waals surface area contributed by atoms with E-state index in [2.05, 4.69) is 5.32 Å². The summed E-state index contributed by atoms with van der Waals surface area (Å²) in [4.78, 5) is 54.2. The Bertz CT molecular complexity index is 1130. The third-order valence-electron chi connectivity index (χ3n) is 6.47. The van der Waals surface area contributed by atoms with Gasteiger partial charge in [-0.1, -0.05) is 35.9 Å². The van der Waals surface area contributed by atoms with Crippen molar-refractivity contribution in [2.75, 3.05) is 26.3 Å². The number of aryl methyl sites for hydroxylation is 1. The Morgan fingerprint density at radius 2 is 1.68 bits per heavy atom. The molecule has 0 radical (unpaired) electrons. The van der Waals surface area contributed by atoms with Crippen LogP contribution in [0.25, 0.3) is 0 Å². The Hall–Kier alpha value is -3.53. The molecule has 3 rings (SSSR count). The number of carbonyl (C=O) groups is 4. The molecule has 1 saturated heterocycles. The van der Waals surface area contributed by atoms with E-state index >= 15 is 0 Å². The number of nitrogens with one attached hydrogen (secondary N) is 1. The van der Waals surface area contributed by atoms with Gasteiger partial charge in [-0.05, 0) is 48.2 Å². The maximum absolute atomic E-state index is 13.7. The van der Waals surface area contributed by atoms with E-state index in [1.807, 2.05) is 0 Å². The second-order valence-electron chi connectivity index (χ2n) is 9.09. The van der Waals surface area contributed by atoms with Crippen molar-refractivity contribution in [3.8, 4) is 0 Å². The Morgan fingerprint density at radius 1 is 1.03 bits per heavy atom. The number of benzene rings is 2. The number of carbonyl (C=O) groups excluding carboxylic acids is 4. The quantitative estimate of drug-likeness (QED) is 0.424. The summed E-state index contributed by atoms with van der Waals surface area (Å²) in [5.74, 6) is -2.30. The first-order valence-corrected chi connectivity index (χ1v) is 12.8. The van der Waals surface area contributed by atoms with Crippen molar-refractivity contribution in [3.05, 3.63) is 70.5 Å². The number of alkyl halides is 1. The van der Waals surface area contributed by atoms with Crippen LogP contribution in [0, 0.1) is 5.82 Å². The molecule has 11 heteroatoms. The van der Waals surface area contributed by atoms with Crippen molar-refractivity contribution in [1.82, 2.24) is 15.1 Å². The first kappa shape index (κ1) is 29.0. The highest BCUT2D eigenvalue weighted by molar-refractivity contribution is 6.30. The summed E-state index contributed by atoms with van der Waals surface area (Å²) in [6.07, 6.45) is 0.467. The van der Waals surface area contributed by atoms with Crippen molar-refractivity contribution in [3.63, 3.8) is 0 Å². The molecule has 1 aliphatic rings. The van der Waals surface area contributed by atoms with E-state index in [-0.39, 0.29) is 57.0 Å². The molecule has 204 valence electrons. The summed E-state index contributed by atoms with van der Waals surface area (Å²) in [5.41, 5.74) is 6.84. The second kappa shape index (κ2) is 13.9. The van der Waals surface area contributed by atoms with Crippen LogP contribution in [0.4, 0.5) is 8.78 Å². The summed E-state index contributed by atoms with van der Waals surface area (Å²) in [7, 11) is 0. The third-order valence-corrected chi connectivity index (χ3v) is 6.72. The highest BCUT2D eigenvalue weighted by Crippen LogP contribution is 2.23. The van der Waals surface area contributed by atoms with Crippen LogP contribution >= 0.6 is 11.6 Å². The zero-order valence-corrected chi connectivity index (χ0v) is 21.6. The molecule has 0 aromatic heterocycles. The average Bonchev–Trinajstić information content (AvgIpc) is 2.90. The maximum Gasteiger partial charge on any atom is 0.246 e. The normalized spacial score (nSPS) is 16.3. The van der Waals surface area contributed by atoms with E-state index < -0.39 is 36.5 Å². The Kier molecular flexibility index (Phi) is 10.6. The average molecular weight is 549 g/mol. The lowest BCUT2D eigenvalue weighted by Gasteiger charge is -2.43. The van der Waals surface area contributed by atoms with E-state index in [1.54, 1.807) is 36.4 Å². The smallest absolute Gasteiger partial charge is 0.246 e. The highest BCUT2D eigenvalue weighted by atomic mass is 35.5. The van der Waals surface area contributed by atoms with Crippen LogP contribution in [-0.4, -0.2) is 71.8 Å². The van der Waals surface area contributed by atoms with Gasteiger partial charge in [0.05, 0.1) is 0 Å². The molecule has 2 unspecified atom stereocenters. The molecule has 38 heavy (non-hydrogen) atoms. The van der Waals surface area contributed by atoms with Gasteiger partial charge in [0.1, 0.15) is 24.6 Å². The lowest BCUT2D eigenvalue weighted by Crippen LogP contribution is -2.63. The summed E-state index contributed by atoms with van der Waals surface area (Å²) < 4.78 is 26.0. The van der Waals surface area contributed by atoms with Crippen LogP contribution in [0.1, 0.15) is 30.4 Å². The Balaban J connectivity index is 1.80. The summed E-state index contributed by atoms with van der Waals surface area (Å²) in [6, 6.07) is 10.7. The summed E-state index contributed by atoms with van der Waals surface area (Å²) in [5, 5.41) is 3.02. The Morgan fingerprint density at radius 3 is 2.32 bits per heavy atom. The van der Waals surface area contributed by atoms with Gasteiger partial charge in [0, 0.05) is 43.9 Å². The van der Waals surface area contributed by atoms with Gasteiger partial charge in [0.2, 0.25) is 23.6 Å². The molecule has 0 bridgehead atoms. The maximum atomic E-state index is 13.7. The van der Waals surface area contributed by atoms with Gasteiger partial charge >= 0.3 is 0 Å². The molecule has 3 N–H and O–H groups in total. The molecule has 0 aliphatic carbocycles. The van der Waals surface area contributed by atoms with Crippen molar-refractivity contribution in [1.29, 1.82) is 0 Å². The number of hydrogen-bond donors (Lipinski definition) is 2. The van der Waals surface area contributed by atoms with Gasteiger partial charge in [0.25, 0.3) is 0 Å². The SMILES string of the molecule is NC(=O)CCC1C(=O)N(C(Cc2ccc(Cl)cc2)C(=O)NCCF)CCN1C(=O)CCc1ccc(F)cc1. The molecule has 2 aromatic carbocycles. The molecular formula is C27H31ClF2N4O4. The highest BCUT2D eigenvalue weighted by Gasteiger charge is 2.41. The van der Waals surface area contributed by atoms with Gasteiger partial charge < -0.3 is 20.9 Å². The van der Waals surface area contributed by atoms with Gasteiger partial charge in [0.15, 0.2) is 0 Å². The van der Waals surface area contributed by atoms with E-state index in [1.165, 1.54) is 21.9 Å². The molecule has 0 saturated carbocycles. The topological polar surface area (TPSA) is 113 Å². The van der Waals surface area contributed by atoms with Crippen molar-refractivity contribution < 1.29 is 28.0 Å². The molecule has 2 aromatic rings. The molecule has 0 spiro atoms. The fourth-order valence-corrected chi connectivity index (χ4v) is 4.62. The van der Waals surface area contributed by atoms with Crippen LogP contribution in [0.15, 0.2) is 48.5 Å². The zero-order valence-electron chi connectivity index (χ0n) is 20.9. The zero-order chi connectivity index (χ0) is 27.7. The lowest BCUT2D eigenvalue weighted by molar-refractivity contribution is -0.156. The minimum atomic E-state index is -0.987. The van der Waals surface area contributed by atoms with Crippen LogP contribution in [0.5, 0.6) is 0 Å². The van der Waals surface area contributed by atoms with E-state index in [0.717, 1.165) is 11.1 Å². The monoisotopic (exact) mass is 548 g/mol. The molecule has 1 fully saturated rings. The number of nitrogens with two attached hydrogens (primary N) is 1. The number of primary amides is 1. The molecule has 1 heterocycles. The first-order valence-electron chi connectivity index (χ1n) is 12.4. The second-order valence-corrected chi connectivity index (χ2v) is 9.53. The van der Waals surface area contributed by atoms with Crippen LogP contribution < -0.4 is 11.1 Å². The Labute approximate surface area is 225 Å². The predicted octanol–water partition coefficient (Wildman–Crippen LogP) is 2.41.